The summed E-state index contributed by atoms with van der Waals surface area (Å²) in [5, 5.41) is 2.73. The van der Waals surface area contributed by atoms with E-state index in [-0.39, 0.29) is 17.2 Å². The van der Waals surface area contributed by atoms with Gasteiger partial charge in [0.15, 0.2) is 0 Å². The molecule has 0 bridgehead atoms. The second kappa shape index (κ2) is 7.33. The lowest BCUT2D eigenvalue weighted by molar-refractivity contribution is -0.115. The first-order chi connectivity index (χ1) is 11.6. The Kier molecular flexibility index (Phi) is 5.59. The summed E-state index contributed by atoms with van der Waals surface area (Å²) < 4.78 is 39.0. The summed E-state index contributed by atoms with van der Waals surface area (Å²) in [5.74, 6) is -0.746. The summed E-state index contributed by atoms with van der Waals surface area (Å²) in [5.41, 5.74) is 2.51. The highest BCUT2D eigenvalue weighted by Gasteiger charge is 2.20. The highest BCUT2D eigenvalue weighted by Crippen LogP contribution is 2.25. The Bertz CT molecular complexity index is 909. The summed E-state index contributed by atoms with van der Waals surface area (Å²) >= 11 is 0. The molecule has 0 fully saturated rings. The Morgan fingerprint density at radius 3 is 2.44 bits per heavy atom. The van der Waals surface area contributed by atoms with Crippen LogP contribution in [0.1, 0.15) is 16.7 Å². The second-order valence-electron chi connectivity index (χ2n) is 6.06. The lowest BCUT2D eigenvalue weighted by Crippen LogP contribution is -2.23. The first kappa shape index (κ1) is 19.1. The van der Waals surface area contributed by atoms with Crippen molar-refractivity contribution in [3.05, 3.63) is 58.9 Å². The minimum Gasteiger partial charge on any atom is -0.326 e. The van der Waals surface area contributed by atoms with E-state index in [9.17, 15) is 17.6 Å². The van der Waals surface area contributed by atoms with E-state index in [1.807, 2.05) is 0 Å². The molecule has 0 aliphatic heterocycles. The standard InChI is InChI=1S/C18H21FN2O3S/c1-12-8-16(25(23,24)21(3)4)11-17(13(12)2)20-18(22)10-14-6-5-7-15(19)9-14/h5-9,11H,10H2,1-4H3,(H,20,22). The van der Waals surface area contributed by atoms with E-state index in [2.05, 4.69) is 5.32 Å². The number of aryl methyl sites for hydroxylation is 1. The van der Waals surface area contributed by atoms with Crippen molar-refractivity contribution in [3.8, 4) is 0 Å². The summed E-state index contributed by atoms with van der Waals surface area (Å²) in [6, 6.07) is 8.83. The molecular weight excluding hydrogens is 343 g/mol. The van der Waals surface area contributed by atoms with Gasteiger partial charge in [-0.05, 0) is 54.8 Å². The molecule has 2 aromatic rings. The van der Waals surface area contributed by atoms with Crippen LogP contribution in [0.2, 0.25) is 0 Å². The van der Waals surface area contributed by atoms with Crippen molar-refractivity contribution in [2.45, 2.75) is 25.2 Å². The third-order valence-corrected chi connectivity index (χ3v) is 5.74. The van der Waals surface area contributed by atoms with Crippen molar-refractivity contribution < 1.29 is 17.6 Å². The number of rotatable bonds is 5. The monoisotopic (exact) mass is 364 g/mol. The maximum atomic E-state index is 13.2. The van der Waals surface area contributed by atoms with Crippen LogP contribution in [-0.2, 0) is 21.2 Å². The molecule has 2 aromatic carbocycles. The molecule has 0 saturated heterocycles. The van der Waals surface area contributed by atoms with Crippen LogP contribution in [0.3, 0.4) is 0 Å². The molecule has 0 unspecified atom stereocenters. The summed E-state index contributed by atoms with van der Waals surface area (Å²) in [6.45, 7) is 3.59. The van der Waals surface area contributed by atoms with Gasteiger partial charge in [0.05, 0.1) is 11.3 Å². The van der Waals surface area contributed by atoms with Crippen LogP contribution in [0.25, 0.3) is 0 Å². The van der Waals surface area contributed by atoms with Crippen LogP contribution in [0.4, 0.5) is 10.1 Å². The van der Waals surface area contributed by atoms with Crippen molar-refractivity contribution in [3.63, 3.8) is 0 Å². The van der Waals surface area contributed by atoms with Gasteiger partial charge in [-0.15, -0.1) is 0 Å². The number of sulfonamides is 1. The van der Waals surface area contributed by atoms with Gasteiger partial charge in [-0.25, -0.2) is 17.1 Å². The van der Waals surface area contributed by atoms with Crippen molar-refractivity contribution >= 4 is 21.6 Å². The van der Waals surface area contributed by atoms with Gasteiger partial charge in [-0.2, -0.15) is 0 Å². The van der Waals surface area contributed by atoms with Crippen molar-refractivity contribution in [2.24, 2.45) is 0 Å². The van der Waals surface area contributed by atoms with E-state index in [0.717, 1.165) is 15.4 Å². The maximum absolute atomic E-state index is 13.2. The zero-order chi connectivity index (χ0) is 18.8. The van der Waals surface area contributed by atoms with Crippen LogP contribution in [0.5, 0.6) is 0 Å². The summed E-state index contributed by atoms with van der Waals surface area (Å²) in [6.07, 6.45) is 0.000899. The molecule has 2 rings (SSSR count). The number of hydrogen-bond donors (Lipinski definition) is 1. The minimum atomic E-state index is -3.61. The van der Waals surface area contributed by atoms with Gasteiger partial charge in [0.2, 0.25) is 15.9 Å². The number of anilines is 1. The molecule has 1 amide bonds. The van der Waals surface area contributed by atoms with Gasteiger partial charge in [-0.1, -0.05) is 12.1 Å². The minimum absolute atomic E-state index is 0.000899. The third kappa shape index (κ3) is 4.43. The lowest BCUT2D eigenvalue weighted by Gasteiger charge is -2.16. The molecule has 134 valence electrons. The smallest absolute Gasteiger partial charge is 0.242 e. The van der Waals surface area contributed by atoms with E-state index in [4.69, 9.17) is 0 Å². The Morgan fingerprint density at radius 2 is 1.84 bits per heavy atom. The zero-order valence-corrected chi connectivity index (χ0v) is 15.4. The van der Waals surface area contributed by atoms with E-state index in [1.165, 1.54) is 38.4 Å². The molecule has 1 N–H and O–H groups in total. The predicted molar refractivity (Wildman–Crippen MR) is 95.5 cm³/mol. The fraction of sp³-hybridized carbons (Fsp3) is 0.278. The third-order valence-electron chi connectivity index (χ3n) is 3.95. The Morgan fingerprint density at radius 1 is 1.16 bits per heavy atom. The number of hydrogen-bond acceptors (Lipinski definition) is 3. The highest BCUT2D eigenvalue weighted by molar-refractivity contribution is 7.89. The molecule has 0 aliphatic rings. The lowest BCUT2D eigenvalue weighted by atomic mass is 10.1. The summed E-state index contributed by atoms with van der Waals surface area (Å²) in [7, 11) is -0.704. The Hall–Kier alpha value is -2.25. The molecular formula is C18H21FN2O3S. The van der Waals surface area contributed by atoms with Crippen LogP contribution in [0.15, 0.2) is 41.3 Å². The molecule has 0 radical (unpaired) electrons. The number of benzene rings is 2. The number of nitrogens with zero attached hydrogens (tertiary/aromatic N) is 1. The van der Waals surface area contributed by atoms with Gasteiger partial charge in [0.1, 0.15) is 5.82 Å². The van der Waals surface area contributed by atoms with Crippen molar-refractivity contribution in [1.29, 1.82) is 0 Å². The maximum Gasteiger partial charge on any atom is 0.242 e. The van der Waals surface area contributed by atoms with Crippen LogP contribution < -0.4 is 5.32 Å². The Balaban J connectivity index is 2.30. The topological polar surface area (TPSA) is 66.5 Å². The second-order valence-corrected chi connectivity index (χ2v) is 8.21. The largest absolute Gasteiger partial charge is 0.326 e. The predicted octanol–water partition coefficient (Wildman–Crippen LogP) is 2.87. The first-order valence-corrected chi connectivity index (χ1v) is 9.13. The fourth-order valence-corrected chi connectivity index (χ4v) is 3.36. The normalized spacial score (nSPS) is 11.6. The van der Waals surface area contributed by atoms with Crippen molar-refractivity contribution in [2.75, 3.05) is 19.4 Å². The fourth-order valence-electron chi connectivity index (χ4n) is 2.34. The highest BCUT2D eigenvalue weighted by atomic mass is 32.2. The van der Waals surface area contributed by atoms with Crippen LogP contribution >= 0.6 is 0 Å². The molecule has 7 heteroatoms. The van der Waals surface area contributed by atoms with Gasteiger partial charge in [-0.3, -0.25) is 4.79 Å². The zero-order valence-electron chi connectivity index (χ0n) is 14.6. The molecule has 0 atom stereocenters. The molecule has 0 aromatic heterocycles. The number of amides is 1. The van der Waals surface area contributed by atoms with Crippen LogP contribution in [-0.4, -0.2) is 32.7 Å². The molecule has 5 nitrogen and oxygen atoms in total. The first-order valence-electron chi connectivity index (χ1n) is 7.69. The van der Waals surface area contributed by atoms with Gasteiger partial charge < -0.3 is 5.32 Å². The Labute approximate surface area is 147 Å². The molecule has 0 saturated carbocycles. The van der Waals surface area contributed by atoms with Gasteiger partial charge in [0.25, 0.3) is 0 Å². The molecule has 0 spiro atoms. The van der Waals surface area contributed by atoms with Gasteiger partial charge in [0, 0.05) is 19.8 Å². The van der Waals surface area contributed by atoms with Crippen LogP contribution in [0, 0.1) is 19.7 Å². The quantitative estimate of drug-likeness (QED) is 0.887. The average Bonchev–Trinajstić information content (AvgIpc) is 2.51. The average molecular weight is 364 g/mol. The van der Waals surface area contributed by atoms with E-state index in [1.54, 1.807) is 26.0 Å². The number of nitrogens with one attached hydrogen (secondary N) is 1. The molecule has 0 aliphatic carbocycles. The molecule has 25 heavy (non-hydrogen) atoms. The van der Waals surface area contributed by atoms with E-state index >= 15 is 0 Å². The number of halogens is 1. The summed E-state index contributed by atoms with van der Waals surface area (Å²) in [4.78, 5) is 12.4. The number of carbonyl (C=O) groups is 1. The SMILES string of the molecule is Cc1cc(S(=O)(=O)N(C)C)cc(NC(=O)Cc2cccc(F)c2)c1C. The van der Waals surface area contributed by atoms with E-state index in [0.29, 0.717) is 11.3 Å². The van der Waals surface area contributed by atoms with Gasteiger partial charge >= 0.3 is 0 Å². The van der Waals surface area contributed by atoms with Crippen molar-refractivity contribution in [1.82, 2.24) is 4.31 Å². The van der Waals surface area contributed by atoms with E-state index < -0.39 is 15.8 Å². The number of carbonyl (C=O) groups excluding carboxylic acids is 1. The molecule has 0 heterocycles.